The van der Waals surface area contributed by atoms with E-state index in [1.54, 1.807) is 7.11 Å². The second kappa shape index (κ2) is 7.04. The van der Waals surface area contributed by atoms with E-state index in [9.17, 15) is 4.79 Å². The first-order valence-corrected chi connectivity index (χ1v) is 5.20. The number of halogens is 1. The number of carbonyl (C=O) groups is 1. The van der Waals surface area contributed by atoms with Gasteiger partial charge in [0, 0.05) is 26.7 Å². The van der Waals surface area contributed by atoms with Crippen LogP contribution in [0.15, 0.2) is 0 Å². The minimum atomic E-state index is -0.277. The van der Waals surface area contributed by atoms with Crippen LogP contribution in [0.1, 0.15) is 19.8 Å². The molecule has 90 valence electrons. The van der Waals surface area contributed by atoms with Crippen LogP contribution >= 0.6 is 12.4 Å². The van der Waals surface area contributed by atoms with Gasteiger partial charge in [-0.15, -0.1) is 12.4 Å². The Morgan fingerprint density at radius 2 is 2.33 bits per heavy atom. The molecule has 0 aromatic heterocycles. The number of amides is 1. The minimum Gasteiger partial charge on any atom is -0.372 e. The molecule has 15 heavy (non-hydrogen) atoms. The molecule has 1 heterocycles. The van der Waals surface area contributed by atoms with Gasteiger partial charge >= 0.3 is 0 Å². The quantitative estimate of drug-likeness (QED) is 0.780. The van der Waals surface area contributed by atoms with E-state index in [4.69, 9.17) is 4.74 Å². The maximum absolute atomic E-state index is 11.9. The lowest BCUT2D eigenvalue weighted by atomic mass is 10.2. The molecule has 1 aliphatic rings. The lowest BCUT2D eigenvalue weighted by molar-refractivity contribution is -0.142. The van der Waals surface area contributed by atoms with Gasteiger partial charge in [0.1, 0.15) is 6.10 Å². The lowest BCUT2D eigenvalue weighted by Gasteiger charge is -2.27. The third kappa shape index (κ3) is 3.63. The Morgan fingerprint density at radius 3 is 2.73 bits per heavy atom. The Bertz CT molecular complexity index is 192. The first-order chi connectivity index (χ1) is 6.70. The summed E-state index contributed by atoms with van der Waals surface area (Å²) in [5.74, 6) is 0.101. The van der Waals surface area contributed by atoms with Crippen LogP contribution in [-0.2, 0) is 9.53 Å². The Kier molecular flexibility index (Phi) is 6.89. The van der Waals surface area contributed by atoms with Crippen LogP contribution in [0.3, 0.4) is 0 Å². The maximum atomic E-state index is 11.9. The predicted molar refractivity (Wildman–Crippen MR) is 62.4 cm³/mol. The number of hydrogen-bond donors (Lipinski definition) is 1. The van der Waals surface area contributed by atoms with E-state index in [1.807, 2.05) is 18.9 Å². The van der Waals surface area contributed by atoms with E-state index in [0.717, 1.165) is 25.9 Å². The van der Waals surface area contributed by atoms with Gasteiger partial charge in [0.15, 0.2) is 0 Å². The first kappa shape index (κ1) is 14.7. The highest BCUT2D eigenvalue weighted by atomic mass is 35.5. The molecule has 1 amide bonds. The number of carbonyl (C=O) groups excluding carboxylic acids is 1. The topological polar surface area (TPSA) is 41.6 Å². The summed E-state index contributed by atoms with van der Waals surface area (Å²) >= 11 is 0. The SMILES string of the molecule is CCC(OC)C(=O)N(C)C1CCNC1.Cl. The fourth-order valence-corrected chi connectivity index (χ4v) is 1.82. The molecular weight excluding hydrogens is 216 g/mol. The molecule has 1 aliphatic heterocycles. The summed E-state index contributed by atoms with van der Waals surface area (Å²) in [6.07, 6.45) is 1.50. The molecule has 1 saturated heterocycles. The number of ether oxygens (including phenoxy) is 1. The Morgan fingerprint density at radius 1 is 1.67 bits per heavy atom. The lowest BCUT2D eigenvalue weighted by Crippen LogP contribution is -2.44. The molecule has 0 aliphatic carbocycles. The summed E-state index contributed by atoms with van der Waals surface area (Å²) in [4.78, 5) is 13.7. The van der Waals surface area contributed by atoms with Crippen molar-refractivity contribution < 1.29 is 9.53 Å². The number of methoxy groups -OCH3 is 1. The number of hydrogen-bond acceptors (Lipinski definition) is 3. The minimum absolute atomic E-state index is 0. The molecule has 5 heteroatoms. The Labute approximate surface area is 97.8 Å². The molecule has 0 spiro atoms. The van der Waals surface area contributed by atoms with Gasteiger partial charge in [-0.25, -0.2) is 0 Å². The van der Waals surface area contributed by atoms with Gasteiger partial charge in [0.2, 0.25) is 0 Å². The van der Waals surface area contributed by atoms with Crippen molar-refractivity contribution >= 4 is 18.3 Å². The van der Waals surface area contributed by atoms with Crippen LogP contribution in [0.5, 0.6) is 0 Å². The Balaban J connectivity index is 0.00000196. The molecule has 1 fully saturated rings. The van der Waals surface area contributed by atoms with Gasteiger partial charge in [-0.2, -0.15) is 0 Å². The summed E-state index contributed by atoms with van der Waals surface area (Å²) in [7, 11) is 3.45. The fourth-order valence-electron chi connectivity index (χ4n) is 1.82. The van der Waals surface area contributed by atoms with Crippen molar-refractivity contribution in [2.75, 3.05) is 27.2 Å². The number of rotatable bonds is 4. The maximum Gasteiger partial charge on any atom is 0.251 e. The standard InChI is InChI=1S/C10H20N2O2.ClH/c1-4-9(14-3)10(13)12(2)8-5-6-11-7-8;/h8-9,11H,4-7H2,1-3H3;1H. The number of nitrogens with one attached hydrogen (secondary N) is 1. The van der Waals surface area contributed by atoms with Crippen molar-refractivity contribution in [3.63, 3.8) is 0 Å². The average molecular weight is 237 g/mol. The summed E-state index contributed by atoms with van der Waals surface area (Å²) < 4.78 is 5.13. The molecule has 0 saturated carbocycles. The Hall–Kier alpha value is -0.320. The van der Waals surface area contributed by atoms with Gasteiger partial charge in [-0.1, -0.05) is 6.92 Å². The number of likely N-dealkylation sites (N-methyl/N-ethyl adjacent to an activating group) is 1. The molecule has 2 atom stereocenters. The van der Waals surface area contributed by atoms with Crippen LogP contribution in [0.25, 0.3) is 0 Å². The highest BCUT2D eigenvalue weighted by molar-refractivity contribution is 5.85. The molecule has 1 rings (SSSR count). The van der Waals surface area contributed by atoms with Crippen molar-refractivity contribution in [1.82, 2.24) is 10.2 Å². The van der Waals surface area contributed by atoms with Crippen LogP contribution in [-0.4, -0.2) is 50.2 Å². The van der Waals surface area contributed by atoms with Crippen LogP contribution in [0.4, 0.5) is 0 Å². The van der Waals surface area contributed by atoms with E-state index in [-0.39, 0.29) is 24.4 Å². The van der Waals surface area contributed by atoms with Gasteiger partial charge in [-0.05, 0) is 19.4 Å². The second-order valence-corrected chi connectivity index (χ2v) is 3.73. The van der Waals surface area contributed by atoms with Crippen LogP contribution < -0.4 is 5.32 Å². The number of nitrogens with zero attached hydrogens (tertiary/aromatic N) is 1. The van der Waals surface area contributed by atoms with Crippen molar-refractivity contribution in [1.29, 1.82) is 0 Å². The molecule has 4 nitrogen and oxygen atoms in total. The molecule has 0 bridgehead atoms. The largest absolute Gasteiger partial charge is 0.372 e. The van der Waals surface area contributed by atoms with E-state index in [2.05, 4.69) is 5.32 Å². The van der Waals surface area contributed by atoms with Crippen LogP contribution in [0, 0.1) is 0 Å². The van der Waals surface area contributed by atoms with Crippen LogP contribution in [0.2, 0.25) is 0 Å². The average Bonchev–Trinajstić information content (AvgIpc) is 2.71. The highest BCUT2D eigenvalue weighted by Gasteiger charge is 2.27. The first-order valence-electron chi connectivity index (χ1n) is 5.20. The summed E-state index contributed by atoms with van der Waals surface area (Å²) in [6.45, 7) is 3.88. The van der Waals surface area contributed by atoms with Gasteiger partial charge in [0.25, 0.3) is 5.91 Å². The third-order valence-electron chi connectivity index (χ3n) is 2.86. The van der Waals surface area contributed by atoms with Crippen molar-refractivity contribution in [3.05, 3.63) is 0 Å². The third-order valence-corrected chi connectivity index (χ3v) is 2.86. The molecule has 0 aromatic rings. The predicted octanol–water partition coefficient (Wildman–Crippen LogP) is 0.653. The van der Waals surface area contributed by atoms with Gasteiger partial charge < -0.3 is 15.0 Å². The zero-order chi connectivity index (χ0) is 10.6. The summed E-state index contributed by atoms with van der Waals surface area (Å²) in [5.41, 5.74) is 0. The monoisotopic (exact) mass is 236 g/mol. The fraction of sp³-hybridized carbons (Fsp3) is 0.900. The molecule has 2 unspecified atom stereocenters. The van der Waals surface area contributed by atoms with E-state index in [1.165, 1.54) is 0 Å². The molecular formula is C10H21ClN2O2. The molecule has 0 aromatic carbocycles. The highest BCUT2D eigenvalue weighted by Crippen LogP contribution is 2.10. The molecule has 1 N–H and O–H groups in total. The zero-order valence-corrected chi connectivity index (χ0v) is 10.5. The van der Waals surface area contributed by atoms with E-state index < -0.39 is 0 Å². The van der Waals surface area contributed by atoms with Gasteiger partial charge in [-0.3, -0.25) is 4.79 Å². The van der Waals surface area contributed by atoms with E-state index in [0.29, 0.717) is 6.04 Å². The van der Waals surface area contributed by atoms with E-state index >= 15 is 0 Å². The zero-order valence-electron chi connectivity index (χ0n) is 9.66. The van der Waals surface area contributed by atoms with Gasteiger partial charge in [0.05, 0.1) is 0 Å². The van der Waals surface area contributed by atoms with Crippen molar-refractivity contribution in [2.24, 2.45) is 0 Å². The normalized spacial score (nSPS) is 21.9. The van der Waals surface area contributed by atoms with Crippen molar-refractivity contribution in [2.45, 2.75) is 31.9 Å². The smallest absolute Gasteiger partial charge is 0.251 e. The van der Waals surface area contributed by atoms with Crippen molar-refractivity contribution in [3.8, 4) is 0 Å². The second-order valence-electron chi connectivity index (χ2n) is 3.73. The summed E-state index contributed by atoms with van der Waals surface area (Å²) in [5, 5.41) is 3.25. The molecule has 0 radical (unpaired) electrons. The summed E-state index contributed by atoms with van der Waals surface area (Å²) in [6, 6.07) is 0.340.